The molecule has 0 aromatic heterocycles. The quantitative estimate of drug-likeness (QED) is 0.488. The van der Waals surface area contributed by atoms with E-state index in [0.717, 1.165) is 6.08 Å². The van der Waals surface area contributed by atoms with E-state index >= 15 is 0 Å². The standard InChI is InChI=1S/C9H12O3/c1-2-4-8(7-10)5-3-6-9(11)12/h2-6,10H,7H2,1H3,(H,11,12)/b4-2+,6-3+,8-5-. The van der Waals surface area contributed by atoms with Crippen molar-refractivity contribution in [1.29, 1.82) is 0 Å². The van der Waals surface area contributed by atoms with Crippen LogP contribution in [0.3, 0.4) is 0 Å². The number of hydrogen-bond acceptors (Lipinski definition) is 2. The third kappa shape index (κ3) is 5.44. The molecule has 0 radical (unpaired) electrons. The molecule has 0 fully saturated rings. The lowest BCUT2D eigenvalue weighted by atomic mass is 10.2. The molecule has 0 saturated carbocycles. The van der Waals surface area contributed by atoms with E-state index in [1.807, 2.05) is 6.92 Å². The van der Waals surface area contributed by atoms with Crippen LogP contribution in [0.5, 0.6) is 0 Å². The second-order valence-electron chi connectivity index (χ2n) is 2.10. The molecule has 0 saturated heterocycles. The van der Waals surface area contributed by atoms with Crippen LogP contribution in [0.25, 0.3) is 0 Å². The molecule has 0 rings (SSSR count). The van der Waals surface area contributed by atoms with E-state index in [2.05, 4.69) is 0 Å². The zero-order valence-corrected chi connectivity index (χ0v) is 6.90. The molecule has 2 N–H and O–H groups in total. The van der Waals surface area contributed by atoms with E-state index in [1.165, 1.54) is 6.08 Å². The van der Waals surface area contributed by atoms with Gasteiger partial charge >= 0.3 is 5.97 Å². The van der Waals surface area contributed by atoms with E-state index in [4.69, 9.17) is 10.2 Å². The summed E-state index contributed by atoms with van der Waals surface area (Å²) in [5.74, 6) is -0.996. The maximum absolute atomic E-state index is 10.0. The Kier molecular flexibility index (Phi) is 5.65. The summed E-state index contributed by atoms with van der Waals surface area (Å²) in [6, 6.07) is 0. The number of carboxylic acid groups (broad SMARTS) is 1. The van der Waals surface area contributed by atoms with Crippen LogP contribution in [-0.4, -0.2) is 22.8 Å². The molecular formula is C9H12O3. The van der Waals surface area contributed by atoms with Crippen molar-refractivity contribution in [3.63, 3.8) is 0 Å². The first kappa shape index (κ1) is 10.7. The Morgan fingerprint density at radius 1 is 1.42 bits per heavy atom. The van der Waals surface area contributed by atoms with Crippen LogP contribution in [0.1, 0.15) is 6.92 Å². The van der Waals surface area contributed by atoms with E-state index < -0.39 is 5.97 Å². The van der Waals surface area contributed by atoms with Crippen molar-refractivity contribution in [3.05, 3.63) is 36.0 Å². The van der Waals surface area contributed by atoms with Gasteiger partial charge in [0.15, 0.2) is 0 Å². The number of hydrogen-bond donors (Lipinski definition) is 2. The predicted octanol–water partition coefficient (Wildman–Crippen LogP) is 1.12. The van der Waals surface area contributed by atoms with Crippen LogP contribution >= 0.6 is 0 Å². The molecule has 0 atom stereocenters. The minimum atomic E-state index is -0.996. The molecule has 0 aliphatic carbocycles. The Bertz CT molecular complexity index is 224. The van der Waals surface area contributed by atoms with Gasteiger partial charge in [0.25, 0.3) is 0 Å². The maximum Gasteiger partial charge on any atom is 0.328 e. The number of allylic oxidation sites excluding steroid dienone is 3. The van der Waals surface area contributed by atoms with Gasteiger partial charge in [-0.05, 0) is 12.5 Å². The highest BCUT2D eigenvalue weighted by atomic mass is 16.4. The summed E-state index contributed by atoms with van der Waals surface area (Å²) in [5, 5.41) is 17.0. The summed E-state index contributed by atoms with van der Waals surface area (Å²) in [5.41, 5.74) is 0.676. The van der Waals surface area contributed by atoms with Crippen LogP contribution in [-0.2, 0) is 4.79 Å². The highest BCUT2D eigenvalue weighted by Crippen LogP contribution is 1.95. The lowest BCUT2D eigenvalue weighted by molar-refractivity contribution is -0.131. The fraction of sp³-hybridized carbons (Fsp3) is 0.222. The van der Waals surface area contributed by atoms with E-state index in [1.54, 1.807) is 18.2 Å². The summed E-state index contributed by atoms with van der Waals surface area (Å²) in [4.78, 5) is 10.0. The van der Waals surface area contributed by atoms with Crippen LogP contribution in [0.2, 0.25) is 0 Å². The highest BCUT2D eigenvalue weighted by Gasteiger charge is 1.86. The smallest absolute Gasteiger partial charge is 0.328 e. The largest absolute Gasteiger partial charge is 0.478 e. The SMILES string of the molecule is C/C=C/C(=C/C=C/C(=O)O)CO. The molecule has 0 amide bonds. The van der Waals surface area contributed by atoms with Gasteiger partial charge in [0, 0.05) is 6.08 Å². The Morgan fingerprint density at radius 2 is 2.08 bits per heavy atom. The van der Waals surface area contributed by atoms with E-state index in [0.29, 0.717) is 5.57 Å². The molecule has 12 heavy (non-hydrogen) atoms. The predicted molar refractivity (Wildman–Crippen MR) is 46.8 cm³/mol. The molecule has 0 spiro atoms. The zero-order valence-electron chi connectivity index (χ0n) is 6.90. The fourth-order valence-electron chi connectivity index (χ4n) is 0.629. The molecule has 0 aliphatic rings. The summed E-state index contributed by atoms with van der Waals surface area (Å²) < 4.78 is 0. The van der Waals surface area contributed by atoms with Gasteiger partial charge < -0.3 is 10.2 Å². The number of carboxylic acids is 1. The van der Waals surface area contributed by atoms with Gasteiger partial charge in [-0.1, -0.05) is 24.3 Å². The number of rotatable bonds is 4. The Labute approximate surface area is 71.3 Å². The van der Waals surface area contributed by atoms with Crippen molar-refractivity contribution in [2.45, 2.75) is 6.92 Å². The Balaban J connectivity index is 4.20. The molecule has 0 heterocycles. The fourth-order valence-corrected chi connectivity index (χ4v) is 0.629. The van der Waals surface area contributed by atoms with Gasteiger partial charge in [-0.15, -0.1) is 0 Å². The molecule has 66 valence electrons. The van der Waals surface area contributed by atoms with Crippen LogP contribution in [0.15, 0.2) is 36.0 Å². The normalized spacial score (nSPS) is 13.0. The zero-order chi connectivity index (χ0) is 9.40. The summed E-state index contributed by atoms with van der Waals surface area (Å²) in [7, 11) is 0. The second-order valence-corrected chi connectivity index (χ2v) is 2.10. The summed E-state index contributed by atoms with van der Waals surface area (Å²) in [6.07, 6.45) is 7.43. The van der Waals surface area contributed by atoms with Crippen LogP contribution in [0.4, 0.5) is 0 Å². The Morgan fingerprint density at radius 3 is 2.50 bits per heavy atom. The van der Waals surface area contributed by atoms with Crippen molar-refractivity contribution in [2.24, 2.45) is 0 Å². The maximum atomic E-state index is 10.0. The number of aliphatic carboxylic acids is 1. The van der Waals surface area contributed by atoms with Crippen molar-refractivity contribution in [3.8, 4) is 0 Å². The van der Waals surface area contributed by atoms with Gasteiger partial charge in [-0.3, -0.25) is 0 Å². The first-order chi connectivity index (χ1) is 5.70. The summed E-state index contributed by atoms with van der Waals surface area (Å²) in [6.45, 7) is 1.73. The minimum absolute atomic E-state index is 0.0890. The van der Waals surface area contributed by atoms with Crippen LogP contribution < -0.4 is 0 Å². The molecule has 0 unspecified atom stereocenters. The van der Waals surface area contributed by atoms with Gasteiger partial charge in [0.1, 0.15) is 0 Å². The third-order valence-electron chi connectivity index (χ3n) is 1.11. The Hall–Kier alpha value is -1.35. The number of aliphatic hydroxyl groups excluding tert-OH is 1. The minimum Gasteiger partial charge on any atom is -0.478 e. The van der Waals surface area contributed by atoms with E-state index in [9.17, 15) is 4.79 Å². The first-order valence-electron chi connectivity index (χ1n) is 3.54. The van der Waals surface area contributed by atoms with Gasteiger partial charge in [-0.25, -0.2) is 4.79 Å². The van der Waals surface area contributed by atoms with Gasteiger partial charge in [0.2, 0.25) is 0 Å². The average Bonchev–Trinajstić information content (AvgIpc) is 2.02. The topological polar surface area (TPSA) is 57.5 Å². The molecule has 3 heteroatoms. The number of carbonyl (C=O) groups is 1. The van der Waals surface area contributed by atoms with Crippen molar-refractivity contribution >= 4 is 5.97 Å². The van der Waals surface area contributed by atoms with Crippen molar-refractivity contribution in [1.82, 2.24) is 0 Å². The molecule has 0 aliphatic heterocycles. The lowest BCUT2D eigenvalue weighted by Gasteiger charge is -1.91. The van der Waals surface area contributed by atoms with Gasteiger partial charge in [0.05, 0.1) is 6.61 Å². The highest BCUT2D eigenvalue weighted by molar-refractivity contribution is 5.80. The molecule has 3 nitrogen and oxygen atoms in total. The van der Waals surface area contributed by atoms with E-state index in [-0.39, 0.29) is 6.61 Å². The molecule has 0 bridgehead atoms. The van der Waals surface area contributed by atoms with Crippen molar-refractivity contribution < 1.29 is 15.0 Å². The van der Waals surface area contributed by atoms with Crippen molar-refractivity contribution in [2.75, 3.05) is 6.61 Å². The third-order valence-corrected chi connectivity index (χ3v) is 1.11. The molecule has 0 aromatic rings. The monoisotopic (exact) mass is 168 g/mol. The van der Waals surface area contributed by atoms with Crippen LogP contribution in [0, 0.1) is 0 Å². The first-order valence-corrected chi connectivity index (χ1v) is 3.54. The lowest BCUT2D eigenvalue weighted by Crippen LogP contribution is -1.87. The molecule has 0 aromatic carbocycles. The summed E-state index contributed by atoms with van der Waals surface area (Å²) >= 11 is 0. The number of aliphatic hydroxyl groups is 1. The second kappa shape index (κ2) is 6.37. The van der Waals surface area contributed by atoms with Gasteiger partial charge in [-0.2, -0.15) is 0 Å². The molecular weight excluding hydrogens is 156 g/mol. The average molecular weight is 168 g/mol.